The van der Waals surface area contributed by atoms with Gasteiger partial charge in [-0.25, -0.2) is 13.2 Å². The monoisotopic (exact) mass is 365 g/mol. The molecule has 0 saturated carbocycles. The van der Waals surface area contributed by atoms with Crippen LogP contribution >= 0.6 is 0 Å². The van der Waals surface area contributed by atoms with Crippen LogP contribution in [0.25, 0.3) is 0 Å². The van der Waals surface area contributed by atoms with Crippen LogP contribution in [0.15, 0.2) is 41.6 Å². The third kappa shape index (κ3) is 3.71. The molecule has 0 saturated heterocycles. The maximum absolute atomic E-state index is 12.5. The molecule has 1 heterocycles. The van der Waals surface area contributed by atoms with E-state index in [4.69, 9.17) is 0 Å². The van der Waals surface area contributed by atoms with Crippen LogP contribution < -0.4 is 5.32 Å². The number of benzene rings is 1. The molecule has 2 aromatic rings. The van der Waals surface area contributed by atoms with Gasteiger partial charge in [0, 0.05) is 6.20 Å². The minimum atomic E-state index is -3.55. The van der Waals surface area contributed by atoms with Gasteiger partial charge in [-0.05, 0) is 26.0 Å². The lowest BCUT2D eigenvalue weighted by molar-refractivity contribution is -0.146. The summed E-state index contributed by atoms with van der Waals surface area (Å²) in [5, 5.41) is 15.7. The Kier molecular flexibility index (Phi) is 4.98. The second-order valence-electron chi connectivity index (χ2n) is 5.89. The average Bonchev–Trinajstić information content (AvgIpc) is 3.03. The number of anilines is 1. The Bertz CT molecular complexity index is 915. The van der Waals surface area contributed by atoms with Crippen LogP contribution in [0.5, 0.6) is 0 Å². The predicted molar refractivity (Wildman–Crippen MR) is 91.3 cm³/mol. The summed E-state index contributed by atoms with van der Waals surface area (Å²) in [7, 11) is -3.55. The SMILES string of the molecule is CCS(=O)(=O)c1ccccc1C(=O)Nc1cnn(C(C)(C)C(=O)O)c1. The molecule has 9 heteroatoms. The molecule has 134 valence electrons. The van der Waals surface area contributed by atoms with Crippen molar-refractivity contribution in [1.82, 2.24) is 9.78 Å². The quantitative estimate of drug-likeness (QED) is 0.805. The van der Waals surface area contributed by atoms with Gasteiger partial charge in [-0.3, -0.25) is 9.48 Å². The first-order chi connectivity index (χ1) is 11.6. The van der Waals surface area contributed by atoms with Crippen molar-refractivity contribution in [2.45, 2.75) is 31.2 Å². The highest BCUT2D eigenvalue weighted by Crippen LogP contribution is 2.20. The van der Waals surface area contributed by atoms with Gasteiger partial charge in [0.2, 0.25) is 0 Å². The zero-order valence-electron chi connectivity index (χ0n) is 14.1. The third-order valence-corrected chi connectivity index (χ3v) is 5.57. The molecule has 0 radical (unpaired) electrons. The molecule has 1 aromatic carbocycles. The molecule has 0 atom stereocenters. The average molecular weight is 365 g/mol. The Hall–Kier alpha value is -2.68. The summed E-state index contributed by atoms with van der Waals surface area (Å²) in [5.74, 6) is -1.81. The second kappa shape index (κ2) is 6.67. The maximum Gasteiger partial charge on any atom is 0.331 e. The van der Waals surface area contributed by atoms with E-state index in [-0.39, 0.29) is 21.9 Å². The second-order valence-corrected chi connectivity index (χ2v) is 8.14. The number of aromatic nitrogens is 2. The summed E-state index contributed by atoms with van der Waals surface area (Å²) in [5.41, 5.74) is -0.996. The molecular weight excluding hydrogens is 346 g/mol. The Labute approximate surface area is 145 Å². The van der Waals surface area contributed by atoms with Crippen molar-refractivity contribution in [1.29, 1.82) is 0 Å². The topological polar surface area (TPSA) is 118 Å². The van der Waals surface area contributed by atoms with Crippen molar-refractivity contribution in [3.63, 3.8) is 0 Å². The summed E-state index contributed by atoms with van der Waals surface area (Å²) in [6.07, 6.45) is 2.68. The van der Waals surface area contributed by atoms with Crippen LogP contribution in [0.1, 0.15) is 31.1 Å². The Balaban J connectivity index is 2.31. The van der Waals surface area contributed by atoms with Gasteiger partial charge in [-0.2, -0.15) is 5.10 Å². The maximum atomic E-state index is 12.5. The normalized spacial score (nSPS) is 12.0. The van der Waals surface area contributed by atoms with E-state index in [2.05, 4.69) is 10.4 Å². The molecule has 0 fully saturated rings. The van der Waals surface area contributed by atoms with Crippen molar-refractivity contribution in [2.75, 3.05) is 11.1 Å². The number of nitrogens with zero attached hydrogens (tertiary/aromatic N) is 2. The molecule has 0 bridgehead atoms. The number of rotatable bonds is 6. The van der Waals surface area contributed by atoms with Gasteiger partial charge in [0.25, 0.3) is 5.91 Å². The molecule has 0 aliphatic heterocycles. The lowest BCUT2D eigenvalue weighted by Gasteiger charge is -2.19. The van der Waals surface area contributed by atoms with Crippen LogP contribution in [-0.4, -0.2) is 40.9 Å². The highest BCUT2D eigenvalue weighted by Gasteiger charge is 2.30. The lowest BCUT2D eigenvalue weighted by atomic mass is 10.1. The van der Waals surface area contributed by atoms with E-state index in [1.54, 1.807) is 12.1 Å². The van der Waals surface area contributed by atoms with E-state index >= 15 is 0 Å². The van der Waals surface area contributed by atoms with Gasteiger partial charge in [0.05, 0.1) is 28.1 Å². The number of amides is 1. The van der Waals surface area contributed by atoms with Crippen molar-refractivity contribution < 1.29 is 23.1 Å². The van der Waals surface area contributed by atoms with Crippen LogP contribution in [0.2, 0.25) is 0 Å². The molecule has 0 aliphatic rings. The summed E-state index contributed by atoms with van der Waals surface area (Å²) >= 11 is 0. The van der Waals surface area contributed by atoms with Crippen molar-refractivity contribution in [3.8, 4) is 0 Å². The molecule has 25 heavy (non-hydrogen) atoms. The zero-order valence-corrected chi connectivity index (χ0v) is 14.9. The fourth-order valence-corrected chi connectivity index (χ4v) is 3.16. The highest BCUT2D eigenvalue weighted by molar-refractivity contribution is 7.91. The zero-order chi connectivity index (χ0) is 18.8. The number of carboxylic acids is 1. The van der Waals surface area contributed by atoms with E-state index < -0.39 is 27.3 Å². The number of carbonyl (C=O) groups excluding carboxylic acids is 1. The van der Waals surface area contributed by atoms with Crippen molar-refractivity contribution >= 4 is 27.4 Å². The minimum absolute atomic E-state index is 0.0228. The van der Waals surface area contributed by atoms with Crippen molar-refractivity contribution in [2.24, 2.45) is 0 Å². The number of aliphatic carboxylic acids is 1. The molecular formula is C16H19N3O5S. The van der Waals surface area contributed by atoms with E-state index in [1.807, 2.05) is 0 Å². The van der Waals surface area contributed by atoms with E-state index in [0.29, 0.717) is 0 Å². The summed E-state index contributed by atoms with van der Waals surface area (Å²) in [6, 6.07) is 5.92. The van der Waals surface area contributed by atoms with E-state index in [1.165, 1.54) is 50.0 Å². The van der Waals surface area contributed by atoms with E-state index in [9.17, 15) is 23.1 Å². The van der Waals surface area contributed by atoms with E-state index in [0.717, 1.165) is 0 Å². The van der Waals surface area contributed by atoms with Gasteiger partial charge in [-0.15, -0.1) is 0 Å². The standard InChI is InChI=1S/C16H19N3O5S/c1-4-25(23,24)13-8-6-5-7-12(13)14(20)18-11-9-17-19(10-11)16(2,3)15(21)22/h5-10H,4H2,1-3H3,(H,18,20)(H,21,22). The molecule has 0 unspecified atom stereocenters. The molecule has 1 amide bonds. The third-order valence-electron chi connectivity index (χ3n) is 3.78. The smallest absolute Gasteiger partial charge is 0.331 e. The summed E-state index contributed by atoms with van der Waals surface area (Å²) in [6.45, 7) is 4.44. The Morgan fingerprint density at radius 3 is 2.52 bits per heavy atom. The fraction of sp³-hybridized carbons (Fsp3) is 0.312. The van der Waals surface area contributed by atoms with Gasteiger partial charge >= 0.3 is 5.97 Å². The molecule has 0 spiro atoms. The lowest BCUT2D eigenvalue weighted by Crippen LogP contribution is -2.35. The van der Waals surface area contributed by atoms with Crippen LogP contribution in [0.4, 0.5) is 5.69 Å². The predicted octanol–water partition coefficient (Wildman–Crippen LogP) is 1.75. The molecule has 1 aromatic heterocycles. The van der Waals surface area contributed by atoms with Crippen molar-refractivity contribution in [3.05, 3.63) is 42.2 Å². The molecule has 2 rings (SSSR count). The first kappa shape index (κ1) is 18.7. The van der Waals surface area contributed by atoms with Crippen LogP contribution in [0, 0.1) is 0 Å². The number of carboxylic acid groups (broad SMARTS) is 1. The largest absolute Gasteiger partial charge is 0.479 e. The number of carbonyl (C=O) groups is 2. The Morgan fingerprint density at radius 1 is 1.28 bits per heavy atom. The fourth-order valence-electron chi connectivity index (χ4n) is 2.07. The number of hydrogen-bond acceptors (Lipinski definition) is 5. The highest BCUT2D eigenvalue weighted by atomic mass is 32.2. The summed E-state index contributed by atoms with van der Waals surface area (Å²) < 4.78 is 25.5. The van der Waals surface area contributed by atoms with Gasteiger partial charge in [0.1, 0.15) is 0 Å². The molecule has 0 aliphatic carbocycles. The van der Waals surface area contributed by atoms with Crippen LogP contribution in [-0.2, 0) is 20.2 Å². The first-order valence-electron chi connectivity index (χ1n) is 7.51. The van der Waals surface area contributed by atoms with Gasteiger partial charge < -0.3 is 10.4 Å². The summed E-state index contributed by atoms with van der Waals surface area (Å²) in [4.78, 5) is 23.7. The van der Waals surface area contributed by atoms with Gasteiger partial charge in [-0.1, -0.05) is 19.1 Å². The molecule has 8 nitrogen and oxygen atoms in total. The number of hydrogen-bond donors (Lipinski definition) is 2. The van der Waals surface area contributed by atoms with Gasteiger partial charge in [0.15, 0.2) is 15.4 Å². The minimum Gasteiger partial charge on any atom is -0.479 e. The number of nitrogens with one attached hydrogen (secondary N) is 1. The first-order valence-corrected chi connectivity index (χ1v) is 9.16. The number of sulfone groups is 1. The van der Waals surface area contributed by atoms with Crippen LogP contribution in [0.3, 0.4) is 0 Å². The molecule has 2 N–H and O–H groups in total. The Morgan fingerprint density at radius 2 is 1.92 bits per heavy atom.